The topological polar surface area (TPSA) is 55.5 Å². The molecule has 4 nitrogen and oxygen atoms in total. The Morgan fingerprint density at radius 2 is 1.95 bits per heavy atom. The monoisotopic (exact) mass is 255 g/mol. The third-order valence-electron chi connectivity index (χ3n) is 2.74. The lowest BCUT2D eigenvalue weighted by atomic mass is 10.3. The predicted molar refractivity (Wildman–Crippen MR) is 71.3 cm³/mol. The van der Waals surface area contributed by atoms with Gasteiger partial charge in [0.15, 0.2) is 11.5 Å². The Kier molecular flexibility index (Phi) is 3.06. The van der Waals surface area contributed by atoms with E-state index < -0.39 is 0 Å². The number of hydrogen-bond acceptors (Lipinski definition) is 4. The maximum atomic E-state index is 9.35. The summed E-state index contributed by atoms with van der Waals surface area (Å²) in [5.74, 6) is 1.61. The largest absolute Gasteiger partial charge is 0.508 e. The molecule has 0 bridgehead atoms. The van der Waals surface area contributed by atoms with Gasteiger partial charge in [-0.3, -0.25) is 0 Å². The summed E-state index contributed by atoms with van der Waals surface area (Å²) in [6, 6.07) is 14.5. The molecule has 1 heterocycles. The van der Waals surface area contributed by atoms with Gasteiger partial charge in [-0.15, -0.1) is 0 Å². The molecule has 0 atom stereocenters. The molecular weight excluding hydrogens is 242 g/mol. The molecule has 0 aliphatic rings. The van der Waals surface area contributed by atoms with Crippen molar-refractivity contribution in [3.8, 4) is 11.5 Å². The van der Waals surface area contributed by atoms with Gasteiger partial charge < -0.3 is 14.3 Å². The summed E-state index contributed by atoms with van der Waals surface area (Å²) < 4.78 is 11.1. The van der Waals surface area contributed by atoms with Crippen LogP contribution in [-0.4, -0.2) is 16.7 Å². The highest BCUT2D eigenvalue weighted by Gasteiger charge is 2.06. The summed E-state index contributed by atoms with van der Waals surface area (Å²) in [5, 5.41) is 9.35. The molecule has 1 N–H and O–H groups in total. The summed E-state index contributed by atoms with van der Waals surface area (Å²) in [6.07, 6.45) is 0.588. The van der Waals surface area contributed by atoms with E-state index in [1.165, 1.54) is 0 Å². The Morgan fingerprint density at radius 3 is 2.79 bits per heavy atom. The van der Waals surface area contributed by atoms with Crippen molar-refractivity contribution in [1.29, 1.82) is 0 Å². The van der Waals surface area contributed by atoms with E-state index in [1.807, 2.05) is 30.3 Å². The fraction of sp³-hybridized carbons (Fsp3) is 0.133. The molecule has 0 saturated heterocycles. The van der Waals surface area contributed by atoms with Crippen molar-refractivity contribution in [2.75, 3.05) is 6.61 Å². The van der Waals surface area contributed by atoms with E-state index in [2.05, 4.69) is 4.98 Å². The molecule has 0 radical (unpaired) electrons. The van der Waals surface area contributed by atoms with Gasteiger partial charge in [0.1, 0.15) is 17.0 Å². The smallest absolute Gasteiger partial charge is 0.198 e. The highest BCUT2D eigenvalue weighted by atomic mass is 16.5. The van der Waals surface area contributed by atoms with Crippen molar-refractivity contribution in [1.82, 2.24) is 4.98 Å². The highest BCUT2D eigenvalue weighted by molar-refractivity contribution is 5.74. The number of ether oxygens (including phenoxy) is 1. The summed E-state index contributed by atoms with van der Waals surface area (Å²) in [7, 11) is 0. The van der Waals surface area contributed by atoms with Crippen LogP contribution < -0.4 is 4.74 Å². The van der Waals surface area contributed by atoms with Gasteiger partial charge in [0.25, 0.3) is 0 Å². The van der Waals surface area contributed by atoms with E-state index in [0.717, 1.165) is 11.3 Å². The molecule has 0 spiro atoms. The number of fused-ring (bicyclic) bond motifs is 1. The van der Waals surface area contributed by atoms with Crippen LogP contribution in [0.5, 0.6) is 11.5 Å². The molecule has 2 aromatic carbocycles. The maximum Gasteiger partial charge on any atom is 0.198 e. The van der Waals surface area contributed by atoms with E-state index in [0.29, 0.717) is 24.5 Å². The average molecular weight is 255 g/mol. The van der Waals surface area contributed by atoms with Crippen LogP contribution in [0.3, 0.4) is 0 Å². The molecule has 0 fully saturated rings. The van der Waals surface area contributed by atoms with Crippen molar-refractivity contribution in [2.45, 2.75) is 6.42 Å². The number of aromatic nitrogens is 1. The molecule has 0 saturated carbocycles. The lowest BCUT2D eigenvalue weighted by Gasteiger charge is -2.03. The number of nitrogens with zero attached hydrogens (tertiary/aromatic N) is 1. The fourth-order valence-electron chi connectivity index (χ4n) is 1.84. The third-order valence-corrected chi connectivity index (χ3v) is 2.74. The molecule has 0 amide bonds. The minimum absolute atomic E-state index is 0.177. The normalized spacial score (nSPS) is 10.7. The zero-order chi connectivity index (χ0) is 13.1. The first-order chi connectivity index (χ1) is 9.31. The Balaban J connectivity index is 1.65. The standard InChI is InChI=1S/C15H13NO3/c17-11-6-7-13-14(10-11)19-15(16-13)8-9-18-12-4-2-1-3-5-12/h1-7,10,17H,8-9H2. The van der Waals surface area contributed by atoms with Crippen molar-refractivity contribution < 1.29 is 14.3 Å². The Labute approximate surface area is 110 Å². The summed E-state index contributed by atoms with van der Waals surface area (Å²) in [6.45, 7) is 0.503. The van der Waals surface area contributed by atoms with Crippen molar-refractivity contribution in [3.63, 3.8) is 0 Å². The molecular formula is C15H13NO3. The van der Waals surface area contributed by atoms with Gasteiger partial charge in [-0.1, -0.05) is 18.2 Å². The number of aromatic hydroxyl groups is 1. The molecule has 0 unspecified atom stereocenters. The van der Waals surface area contributed by atoms with Crippen molar-refractivity contribution in [2.24, 2.45) is 0 Å². The SMILES string of the molecule is Oc1ccc2nc(CCOc3ccccc3)oc2c1. The average Bonchev–Trinajstić information content (AvgIpc) is 2.82. The first kappa shape index (κ1) is 11.6. The Bertz CT molecular complexity index is 676. The molecule has 3 rings (SSSR count). The summed E-state index contributed by atoms with van der Waals surface area (Å²) in [5.41, 5.74) is 1.34. The van der Waals surface area contributed by atoms with E-state index in [1.54, 1.807) is 18.2 Å². The first-order valence-electron chi connectivity index (χ1n) is 6.07. The zero-order valence-corrected chi connectivity index (χ0v) is 10.2. The fourth-order valence-corrected chi connectivity index (χ4v) is 1.84. The van der Waals surface area contributed by atoms with Crippen LogP contribution >= 0.6 is 0 Å². The van der Waals surface area contributed by atoms with Crippen LogP contribution in [0.4, 0.5) is 0 Å². The van der Waals surface area contributed by atoms with E-state index >= 15 is 0 Å². The number of phenolic OH excluding ortho intramolecular Hbond substituents is 1. The van der Waals surface area contributed by atoms with Crippen LogP contribution in [-0.2, 0) is 6.42 Å². The first-order valence-corrected chi connectivity index (χ1v) is 6.07. The van der Waals surface area contributed by atoms with Crippen LogP contribution in [0.15, 0.2) is 52.9 Å². The quantitative estimate of drug-likeness (QED) is 0.778. The lowest BCUT2D eigenvalue weighted by Crippen LogP contribution is -2.01. The van der Waals surface area contributed by atoms with E-state index in [4.69, 9.17) is 9.15 Å². The highest BCUT2D eigenvalue weighted by Crippen LogP contribution is 2.20. The second-order valence-corrected chi connectivity index (χ2v) is 4.17. The number of rotatable bonds is 4. The van der Waals surface area contributed by atoms with Crippen molar-refractivity contribution in [3.05, 3.63) is 54.4 Å². The number of para-hydroxylation sites is 1. The molecule has 19 heavy (non-hydrogen) atoms. The van der Waals surface area contributed by atoms with Crippen LogP contribution in [0.2, 0.25) is 0 Å². The van der Waals surface area contributed by atoms with Gasteiger partial charge in [-0.25, -0.2) is 4.98 Å². The minimum atomic E-state index is 0.177. The third kappa shape index (κ3) is 2.68. The van der Waals surface area contributed by atoms with Gasteiger partial charge in [0.05, 0.1) is 13.0 Å². The Morgan fingerprint density at radius 1 is 1.11 bits per heavy atom. The van der Waals surface area contributed by atoms with Gasteiger partial charge in [0, 0.05) is 6.07 Å². The number of benzene rings is 2. The molecule has 1 aromatic heterocycles. The molecule has 0 aliphatic heterocycles. The summed E-state index contributed by atoms with van der Waals surface area (Å²) >= 11 is 0. The zero-order valence-electron chi connectivity index (χ0n) is 10.2. The number of hydrogen-bond donors (Lipinski definition) is 1. The van der Waals surface area contributed by atoms with Crippen LogP contribution in [0.25, 0.3) is 11.1 Å². The van der Waals surface area contributed by atoms with Crippen LogP contribution in [0, 0.1) is 0 Å². The van der Waals surface area contributed by atoms with E-state index in [-0.39, 0.29) is 5.75 Å². The van der Waals surface area contributed by atoms with Crippen molar-refractivity contribution >= 4 is 11.1 Å². The predicted octanol–water partition coefficient (Wildman–Crippen LogP) is 3.15. The maximum absolute atomic E-state index is 9.35. The van der Waals surface area contributed by atoms with Crippen LogP contribution in [0.1, 0.15) is 5.89 Å². The minimum Gasteiger partial charge on any atom is -0.508 e. The molecule has 3 aromatic rings. The lowest BCUT2D eigenvalue weighted by molar-refractivity contribution is 0.308. The summed E-state index contributed by atoms with van der Waals surface area (Å²) in [4.78, 5) is 4.33. The van der Waals surface area contributed by atoms with Gasteiger partial charge >= 0.3 is 0 Å². The number of oxazole rings is 1. The molecule has 0 aliphatic carbocycles. The van der Waals surface area contributed by atoms with Gasteiger partial charge in [0.2, 0.25) is 0 Å². The van der Waals surface area contributed by atoms with E-state index in [9.17, 15) is 5.11 Å². The molecule has 4 heteroatoms. The molecule has 96 valence electrons. The number of phenols is 1. The van der Waals surface area contributed by atoms with Gasteiger partial charge in [-0.2, -0.15) is 0 Å². The second-order valence-electron chi connectivity index (χ2n) is 4.17. The second kappa shape index (κ2) is 5.02. The van der Waals surface area contributed by atoms with Gasteiger partial charge in [-0.05, 0) is 24.3 Å². The Hall–Kier alpha value is -2.49.